The quantitative estimate of drug-likeness (QED) is 0.643. The van der Waals surface area contributed by atoms with E-state index in [0.717, 1.165) is 17.2 Å². The van der Waals surface area contributed by atoms with E-state index in [1.807, 2.05) is 6.07 Å². The van der Waals surface area contributed by atoms with Gasteiger partial charge in [0.2, 0.25) is 0 Å². The molecule has 66 valence electrons. The van der Waals surface area contributed by atoms with E-state index in [4.69, 9.17) is 0 Å². The number of aldehydes is 1. The van der Waals surface area contributed by atoms with Gasteiger partial charge in [-0.15, -0.1) is 0 Å². The number of carbonyl (C=O) groups is 1. The Morgan fingerprint density at radius 1 is 1.38 bits per heavy atom. The topological polar surface area (TPSA) is 22.0 Å². The summed E-state index contributed by atoms with van der Waals surface area (Å²) in [5.74, 6) is -0.279. The normalized spacial score (nSPS) is 10.5. The van der Waals surface area contributed by atoms with Gasteiger partial charge in [-0.05, 0) is 29.7 Å². The van der Waals surface area contributed by atoms with Crippen molar-refractivity contribution in [2.45, 2.75) is 6.54 Å². The van der Waals surface area contributed by atoms with Crippen LogP contribution in [0.4, 0.5) is 4.39 Å². The average Bonchev–Trinajstić information content (AvgIpc) is 2.49. The smallest absolute Gasteiger partial charge is 0.139 e. The standard InChI is InChI=1S/C10H8FNO/c11-9-2-1-8-3-4-12(5-6-13)10(8)7-9/h1-4,6-7H,5H2. The van der Waals surface area contributed by atoms with Gasteiger partial charge in [0.25, 0.3) is 0 Å². The highest BCUT2D eigenvalue weighted by Crippen LogP contribution is 2.16. The van der Waals surface area contributed by atoms with Crippen LogP contribution in [0.5, 0.6) is 0 Å². The minimum Gasteiger partial charge on any atom is -0.340 e. The van der Waals surface area contributed by atoms with Gasteiger partial charge < -0.3 is 9.36 Å². The molecule has 0 aliphatic rings. The van der Waals surface area contributed by atoms with E-state index in [-0.39, 0.29) is 12.4 Å². The van der Waals surface area contributed by atoms with Crippen molar-refractivity contribution in [2.24, 2.45) is 0 Å². The van der Waals surface area contributed by atoms with Gasteiger partial charge in [0.15, 0.2) is 0 Å². The van der Waals surface area contributed by atoms with Gasteiger partial charge in [0.1, 0.15) is 12.1 Å². The molecule has 2 rings (SSSR count). The molecular formula is C10H8FNO. The van der Waals surface area contributed by atoms with Gasteiger partial charge >= 0.3 is 0 Å². The molecule has 0 unspecified atom stereocenters. The van der Waals surface area contributed by atoms with Crippen LogP contribution in [0.1, 0.15) is 0 Å². The molecule has 0 N–H and O–H groups in total. The zero-order valence-corrected chi connectivity index (χ0v) is 6.90. The lowest BCUT2D eigenvalue weighted by molar-refractivity contribution is -0.108. The summed E-state index contributed by atoms with van der Waals surface area (Å²) in [5, 5.41) is 0.947. The summed E-state index contributed by atoms with van der Waals surface area (Å²) in [6.07, 6.45) is 2.57. The van der Waals surface area contributed by atoms with Crippen molar-refractivity contribution in [1.82, 2.24) is 4.57 Å². The molecule has 1 heterocycles. The van der Waals surface area contributed by atoms with Gasteiger partial charge in [0.05, 0.1) is 12.1 Å². The monoisotopic (exact) mass is 177 g/mol. The fourth-order valence-corrected chi connectivity index (χ4v) is 1.40. The molecule has 0 aliphatic carbocycles. The second kappa shape index (κ2) is 3.01. The first-order valence-electron chi connectivity index (χ1n) is 3.99. The van der Waals surface area contributed by atoms with Crippen LogP contribution >= 0.6 is 0 Å². The number of rotatable bonds is 2. The molecule has 0 radical (unpaired) electrons. The molecule has 0 bridgehead atoms. The molecule has 0 atom stereocenters. The minimum absolute atomic E-state index is 0.271. The fourth-order valence-electron chi connectivity index (χ4n) is 1.40. The van der Waals surface area contributed by atoms with Gasteiger partial charge in [-0.1, -0.05) is 0 Å². The molecule has 1 aromatic heterocycles. The Balaban J connectivity index is 2.64. The molecule has 0 saturated heterocycles. The summed E-state index contributed by atoms with van der Waals surface area (Å²) >= 11 is 0. The molecular weight excluding hydrogens is 169 g/mol. The lowest BCUT2D eigenvalue weighted by atomic mass is 10.2. The van der Waals surface area contributed by atoms with E-state index in [9.17, 15) is 9.18 Å². The molecule has 3 heteroatoms. The third kappa shape index (κ3) is 1.33. The highest BCUT2D eigenvalue weighted by Gasteiger charge is 2.00. The Morgan fingerprint density at radius 3 is 3.00 bits per heavy atom. The number of nitrogens with zero attached hydrogens (tertiary/aromatic N) is 1. The molecule has 0 amide bonds. The number of halogens is 1. The lowest BCUT2D eigenvalue weighted by Gasteiger charge is -1.98. The van der Waals surface area contributed by atoms with Crippen molar-refractivity contribution < 1.29 is 9.18 Å². The summed E-state index contributed by atoms with van der Waals surface area (Å²) in [4.78, 5) is 10.3. The van der Waals surface area contributed by atoms with E-state index in [2.05, 4.69) is 0 Å². The second-order valence-electron chi connectivity index (χ2n) is 2.84. The van der Waals surface area contributed by atoms with Crippen molar-refractivity contribution in [1.29, 1.82) is 0 Å². The zero-order valence-electron chi connectivity index (χ0n) is 6.90. The summed E-state index contributed by atoms with van der Waals surface area (Å²) in [5.41, 5.74) is 0.757. The number of benzene rings is 1. The van der Waals surface area contributed by atoms with E-state index in [1.54, 1.807) is 16.8 Å². The van der Waals surface area contributed by atoms with Crippen molar-refractivity contribution in [2.75, 3.05) is 0 Å². The number of hydrogen-bond donors (Lipinski definition) is 0. The van der Waals surface area contributed by atoms with Crippen LogP contribution in [-0.2, 0) is 11.3 Å². The van der Waals surface area contributed by atoms with E-state index >= 15 is 0 Å². The van der Waals surface area contributed by atoms with Gasteiger partial charge in [-0.25, -0.2) is 4.39 Å². The van der Waals surface area contributed by atoms with Crippen LogP contribution in [0.25, 0.3) is 10.9 Å². The second-order valence-corrected chi connectivity index (χ2v) is 2.84. The third-order valence-corrected chi connectivity index (χ3v) is 2.01. The van der Waals surface area contributed by atoms with Crippen LogP contribution < -0.4 is 0 Å². The maximum atomic E-state index is 12.8. The number of aromatic nitrogens is 1. The van der Waals surface area contributed by atoms with Crippen molar-refractivity contribution in [3.63, 3.8) is 0 Å². The van der Waals surface area contributed by atoms with Crippen LogP contribution in [0.3, 0.4) is 0 Å². The minimum atomic E-state index is -0.279. The predicted octanol–water partition coefficient (Wildman–Crippen LogP) is 1.98. The fraction of sp³-hybridized carbons (Fsp3) is 0.100. The number of fused-ring (bicyclic) bond motifs is 1. The summed E-state index contributed by atoms with van der Waals surface area (Å²) < 4.78 is 14.5. The Hall–Kier alpha value is -1.64. The SMILES string of the molecule is O=CCn1ccc2ccc(F)cc21. The maximum Gasteiger partial charge on any atom is 0.139 e. The van der Waals surface area contributed by atoms with Gasteiger partial charge in [-0.3, -0.25) is 0 Å². The summed E-state index contributed by atoms with van der Waals surface area (Å²) in [6, 6.07) is 6.40. The van der Waals surface area contributed by atoms with Crippen molar-refractivity contribution >= 4 is 17.2 Å². The molecule has 2 aromatic rings. The molecule has 13 heavy (non-hydrogen) atoms. The molecule has 0 fully saturated rings. The van der Waals surface area contributed by atoms with E-state index < -0.39 is 0 Å². The Morgan fingerprint density at radius 2 is 2.23 bits per heavy atom. The van der Waals surface area contributed by atoms with Gasteiger partial charge in [-0.2, -0.15) is 0 Å². The summed E-state index contributed by atoms with van der Waals surface area (Å²) in [7, 11) is 0. The molecule has 0 saturated carbocycles. The van der Waals surface area contributed by atoms with Crippen LogP contribution in [0.2, 0.25) is 0 Å². The average molecular weight is 177 g/mol. The van der Waals surface area contributed by atoms with Crippen molar-refractivity contribution in [3.8, 4) is 0 Å². The van der Waals surface area contributed by atoms with Crippen LogP contribution in [0.15, 0.2) is 30.5 Å². The Kier molecular flexibility index (Phi) is 1.85. The first-order valence-corrected chi connectivity index (χ1v) is 3.99. The van der Waals surface area contributed by atoms with E-state index in [1.165, 1.54) is 12.1 Å². The zero-order chi connectivity index (χ0) is 9.26. The van der Waals surface area contributed by atoms with Crippen molar-refractivity contribution in [3.05, 3.63) is 36.3 Å². The number of hydrogen-bond acceptors (Lipinski definition) is 1. The Bertz CT molecular complexity index is 447. The molecule has 0 spiro atoms. The first-order chi connectivity index (χ1) is 6.31. The maximum absolute atomic E-state index is 12.8. The third-order valence-electron chi connectivity index (χ3n) is 2.01. The predicted molar refractivity (Wildman–Crippen MR) is 48.0 cm³/mol. The van der Waals surface area contributed by atoms with Crippen LogP contribution in [0, 0.1) is 5.82 Å². The Labute approximate surface area is 74.6 Å². The first kappa shape index (κ1) is 7.98. The molecule has 0 aliphatic heterocycles. The van der Waals surface area contributed by atoms with Gasteiger partial charge in [0, 0.05) is 6.20 Å². The highest BCUT2D eigenvalue weighted by atomic mass is 19.1. The molecule has 1 aromatic carbocycles. The summed E-state index contributed by atoms with van der Waals surface area (Å²) in [6.45, 7) is 0.271. The lowest BCUT2D eigenvalue weighted by Crippen LogP contribution is -1.96. The van der Waals surface area contributed by atoms with E-state index in [0.29, 0.717) is 0 Å². The van der Waals surface area contributed by atoms with Crippen LogP contribution in [-0.4, -0.2) is 10.9 Å². The molecule has 2 nitrogen and oxygen atoms in total. The largest absolute Gasteiger partial charge is 0.340 e. The highest BCUT2D eigenvalue weighted by molar-refractivity contribution is 5.80. The number of carbonyl (C=O) groups excluding carboxylic acids is 1.